The van der Waals surface area contributed by atoms with Crippen LogP contribution in [0.4, 0.5) is 0 Å². The Hall–Kier alpha value is -0.390. The fraction of sp³-hybridized carbons (Fsp3) is 0.583. The summed E-state index contributed by atoms with van der Waals surface area (Å²) in [5.74, 6) is 0.142. The van der Waals surface area contributed by atoms with Crippen LogP contribution in [0.1, 0.15) is 28.1 Å². The number of hydrogen-bond donors (Lipinski definition) is 0. The molecule has 0 spiro atoms. The summed E-state index contributed by atoms with van der Waals surface area (Å²) < 4.78 is 6.11. The van der Waals surface area contributed by atoms with E-state index in [4.69, 9.17) is 4.74 Å². The van der Waals surface area contributed by atoms with Crippen LogP contribution >= 0.6 is 27.3 Å². The Labute approximate surface area is 114 Å². The maximum atomic E-state index is 12.4. The number of aryl methyl sites for hydroxylation is 1. The molecule has 0 unspecified atom stereocenters. The van der Waals surface area contributed by atoms with E-state index in [1.165, 1.54) is 11.3 Å². The second-order valence-electron chi connectivity index (χ2n) is 4.29. The first-order valence-corrected chi connectivity index (χ1v) is 7.30. The summed E-state index contributed by atoms with van der Waals surface area (Å²) in [7, 11) is 1.67. The zero-order valence-electron chi connectivity index (χ0n) is 10.0. The predicted octanol–water partition coefficient (Wildman–Crippen LogP) is 3.07. The van der Waals surface area contributed by atoms with Crippen LogP contribution in [0.2, 0.25) is 0 Å². The number of methoxy groups -OCH3 is 1. The van der Waals surface area contributed by atoms with Crippen molar-refractivity contribution in [3.05, 3.63) is 20.3 Å². The van der Waals surface area contributed by atoms with E-state index in [2.05, 4.69) is 15.9 Å². The van der Waals surface area contributed by atoms with Crippen LogP contribution in [0.5, 0.6) is 0 Å². The predicted molar refractivity (Wildman–Crippen MR) is 72.7 cm³/mol. The minimum atomic E-state index is 0.142. The Morgan fingerprint density at radius 1 is 1.65 bits per heavy atom. The van der Waals surface area contributed by atoms with Gasteiger partial charge in [0.05, 0.1) is 15.3 Å². The van der Waals surface area contributed by atoms with Gasteiger partial charge in [0, 0.05) is 19.7 Å². The lowest BCUT2D eigenvalue weighted by Gasteiger charge is -2.21. The van der Waals surface area contributed by atoms with Crippen molar-refractivity contribution < 1.29 is 9.53 Å². The maximum absolute atomic E-state index is 12.4. The Morgan fingerprint density at radius 2 is 2.35 bits per heavy atom. The molecule has 1 aliphatic rings. The van der Waals surface area contributed by atoms with Crippen molar-refractivity contribution >= 4 is 33.2 Å². The van der Waals surface area contributed by atoms with E-state index < -0.39 is 0 Å². The number of rotatable bonds is 5. The summed E-state index contributed by atoms with van der Waals surface area (Å²) in [6.45, 7) is 3.30. The molecule has 1 saturated carbocycles. The third kappa shape index (κ3) is 3.09. The Bertz CT molecular complexity index is 395. The molecule has 0 radical (unpaired) electrons. The zero-order chi connectivity index (χ0) is 12.4. The van der Waals surface area contributed by atoms with Crippen LogP contribution < -0.4 is 0 Å². The van der Waals surface area contributed by atoms with Crippen LogP contribution in [0, 0.1) is 6.92 Å². The molecule has 3 nitrogen and oxygen atoms in total. The summed E-state index contributed by atoms with van der Waals surface area (Å²) in [5, 5.41) is 0. The number of hydrogen-bond acceptors (Lipinski definition) is 3. The summed E-state index contributed by atoms with van der Waals surface area (Å²) in [6.07, 6.45) is 2.25. The summed E-state index contributed by atoms with van der Waals surface area (Å²) in [4.78, 5) is 15.1. The smallest absolute Gasteiger partial charge is 0.264 e. The van der Waals surface area contributed by atoms with Crippen molar-refractivity contribution in [2.45, 2.75) is 25.8 Å². The summed E-state index contributed by atoms with van der Waals surface area (Å²) in [5.41, 5.74) is 1.13. The third-order valence-corrected chi connectivity index (χ3v) is 4.98. The van der Waals surface area contributed by atoms with Gasteiger partial charge in [0.15, 0.2) is 0 Å². The Kier molecular flexibility index (Phi) is 4.22. The van der Waals surface area contributed by atoms with E-state index >= 15 is 0 Å². The van der Waals surface area contributed by atoms with Gasteiger partial charge in [-0.2, -0.15) is 0 Å². The van der Waals surface area contributed by atoms with Crippen molar-refractivity contribution in [1.29, 1.82) is 0 Å². The molecule has 1 heterocycles. The number of ether oxygens (including phenoxy) is 1. The highest BCUT2D eigenvalue weighted by molar-refractivity contribution is 9.11. The molecular formula is C12H16BrNO2S. The minimum absolute atomic E-state index is 0.142. The molecule has 1 aromatic heterocycles. The Morgan fingerprint density at radius 3 is 2.82 bits per heavy atom. The average Bonchev–Trinajstić information content (AvgIpc) is 3.07. The fourth-order valence-electron chi connectivity index (χ4n) is 1.73. The third-order valence-electron chi connectivity index (χ3n) is 2.85. The largest absolute Gasteiger partial charge is 0.383 e. The van der Waals surface area contributed by atoms with Gasteiger partial charge in [0.25, 0.3) is 5.91 Å². The number of amides is 1. The molecule has 1 fully saturated rings. The summed E-state index contributed by atoms with van der Waals surface area (Å²) in [6, 6.07) is 2.39. The van der Waals surface area contributed by atoms with Gasteiger partial charge in [0.2, 0.25) is 0 Å². The minimum Gasteiger partial charge on any atom is -0.383 e. The van der Waals surface area contributed by atoms with E-state index in [-0.39, 0.29) is 5.91 Å². The molecule has 2 rings (SSSR count). The van der Waals surface area contributed by atoms with E-state index in [1.807, 2.05) is 17.9 Å². The van der Waals surface area contributed by atoms with Gasteiger partial charge in [-0.05, 0) is 47.3 Å². The molecule has 0 atom stereocenters. The van der Waals surface area contributed by atoms with E-state index in [0.717, 1.165) is 27.1 Å². The zero-order valence-corrected chi connectivity index (χ0v) is 12.4. The molecule has 17 heavy (non-hydrogen) atoms. The van der Waals surface area contributed by atoms with Gasteiger partial charge in [-0.25, -0.2) is 0 Å². The van der Waals surface area contributed by atoms with Crippen molar-refractivity contribution in [1.82, 2.24) is 4.90 Å². The first kappa shape index (κ1) is 13.1. The highest BCUT2D eigenvalue weighted by Crippen LogP contribution is 2.32. The lowest BCUT2D eigenvalue weighted by atomic mass is 10.3. The van der Waals surface area contributed by atoms with Gasteiger partial charge >= 0.3 is 0 Å². The van der Waals surface area contributed by atoms with Crippen molar-refractivity contribution in [2.75, 3.05) is 20.3 Å². The summed E-state index contributed by atoms with van der Waals surface area (Å²) >= 11 is 4.98. The van der Waals surface area contributed by atoms with Crippen molar-refractivity contribution in [2.24, 2.45) is 0 Å². The van der Waals surface area contributed by atoms with E-state index in [9.17, 15) is 4.79 Å². The lowest BCUT2D eigenvalue weighted by Crippen LogP contribution is -2.35. The molecule has 0 N–H and O–H groups in total. The molecule has 0 bridgehead atoms. The highest BCUT2D eigenvalue weighted by Gasteiger charge is 2.33. The SMILES string of the molecule is COCCN(C(=O)c1cc(C)c(Br)s1)C1CC1. The standard InChI is InChI=1S/C12H16BrNO2S/c1-8-7-10(17-11(8)13)12(15)14(5-6-16-2)9-3-4-9/h7,9H,3-6H2,1-2H3. The molecule has 0 saturated heterocycles. The molecule has 1 aromatic rings. The molecule has 5 heteroatoms. The topological polar surface area (TPSA) is 29.5 Å². The number of carbonyl (C=O) groups excluding carboxylic acids is 1. The quantitative estimate of drug-likeness (QED) is 0.835. The van der Waals surface area contributed by atoms with Crippen molar-refractivity contribution in [3.8, 4) is 0 Å². The van der Waals surface area contributed by atoms with Crippen molar-refractivity contribution in [3.63, 3.8) is 0 Å². The highest BCUT2D eigenvalue weighted by atomic mass is 79.9. The van der Waals surface area contributed by atoms with Gasteiger partial charge < -0.3 is 9.64 Å². The van der Waals surface area contributed by atoms with Gasteiger partial charge in [0.1, 0.15) is 0 Å². The van der Waals surface area contributed by atoms with Crippen LogP contribution in [-0.2, 0) is 4.74 Å². The Balaban J connectivity index is 2.09. The monoisotopic (exact) mass is 317 g/mol. The van der Waals surface area contributed by atoms with E-state index in [1.54, 1.807) is 7.11 Å². The molecule has 0 aromatic carbocycles. The first-order valence-electron chi connectivity index (χ1n) is 5.69. The number of halogens is 1. The second kappa shape index (κ2) is 5.50. The number of carbonyl (C=O) groups is 1. The van der Waals surface area contributed by atoms with Gasteiger partial charge in [-0.3, -0.25) is 4.79 Å². The fourth-order valence-corrected chi connectivity index (χ4v) is 3.22. The number of thiophene rings is 1. The molecule has 0 aliphatic heterocycles. The molecule has 1 amide bonds. The number of nitrogens with zero attached hydrogens (tertiary/aromatic N) is 1. The lowest BCUT2D eigenvalue weighted by molar-refractivity contribution is 0.0685. The molecule has 1 aliphatic carbocycles. The van der Waals surface area contributed by atoms with Gasteiger partial charge in [-0.15, -0.1) is 11.3 Å². The van der Waals surface area contributed by atoms with Crippen LogP contribution in [-0.4, -0.2) is 37.1 Å². The van der Waals surface area contributed by atoms with Crippen LogP contribution in [0.3, 0.4) is 0 Å². The van der Waals surface area contributed by atoms with Gasteiger partial charge in [-0.1, -0.05) is 0 Å². The molecule has 94 valence electrons. The molecular weight excluding hydrogens is 302 g/mol. The normalized spacial score (nSPS) is 15.0. The second-order valence-corrected chi connectivity index (χ2v) is 6.66. The first-order chi connectivity index (χ1) is 8.13. The maximum Gasteiger partial charge on any atom is 0.264 e. The van der Waals surface area contributed by atoms with E-state index in [0.29, 0.717) is 19.2 Å². The van der Waals surface area contributed by atoms with Crippen LogP contribution in [0.15, 0.2) is 9.85 Å². The van der Waals surface area contributed by atoms with Crippen LogP contribution in [0.25, 0.3) is 0 Å². The average molecular weight is 318 g/mol.